The number of benzene rings is 2. The number of hydrogen-bond donors (Lipinski definition) is 1. The minimum atomic E-state index is -0.152. The number of aromatic nitrogens is 2. The molecule has 0 spiro atoms. The predicted molar refractivity (Wildman–Crippen MR) is 105 cm³/mol. The second-order valence-corrected chi connectivity index (χ2v) is 6.79. The van der Waals surface area contributed by atoms with Gasteiger partial charge >= 0.3 is 0 Å². The van der Waals surface area contributed by atoms with Crippen LogP contribution in [0.1, 0.15) is 35.5 Å². The minimum Gasteiger partial charge on any atom is -0.349 e. The molecule has 3 rings (SSSR count). The molecule has 1 unspecified atom stereocenters. The Hall–Kier alpha value is -2.59. The Morgan fingerprint density at radius 1 is 1.12 bits per heavy atom. The maximum Gasteiger partial charge on any atom is 0.225 e. The summed E-state index contributed by atoms with van der Waals surface area (Å²) < 4.78 is 1.88. The summed E-state index contributed by atoms with van der Waals surface area (Å²) in [5.41, 5.74) is 4.71. The number of amides is 1. The summed E-state index contributed by atoms with van der Waals surface area (Å²) in [5, 5.41) is 8.29. The summed E-state index contributed by atoms with van der Waals surface area (Å²) in [5.74, 6) is -0.0452. The van der Waals surface area contributed by atoms with Crippen LogP contribution in [0.3, 0.4) is 0 Å². The third-order valence-electron chi connectivity index (χ3n) is 4.53. The fourth-order valence-electron chi connectivity index (χ4n) is 3.11. The number of rotatable bonds is 5. The summed E-state index contributed by atoms with van der Waals surface area (Å²) in [6.45, 7) is 5.87. The van der Waals surface area contributed by atoms with Crippen molar-refractivity contribution in [3.8, 4) is 5.69 Å². The van der Waals surface area contributed by atoms with E-state index in [1.54, 1.807) is 0 Å². The van der Waals surface area contributed by atoms with Gasteiger partial charge in [-0.15, -0.1) is 0 Å². The maximum absolute atomic E-state index is 12.6. The van der Waals surface area contributed by atoms with Gasteiger partial charge in [0, 0.05) is 16.3 Å². The van der Waals surface area contributed by atoms with Gasteiger partial charge in [-0.3, -0.25) is 4.79 Å². The molecule has 0 bridgehead atoms. The number of nitrogens with one attached hydrogen (secondary N) is 1. The monoisotopic (exact) mass is 367 g/mol. The first-order valence-corrected chi connectivity index (χ1v) is 8.99. The fourth-order valence-corrected chi connectivity index (χ4v) is 3.41. The Morgan fingerprint density at radius 3 is 2.46 bits per heavy atom. The summed E-state index contributed by atoms with van der Waals surface area (Å²) in [4.78, 5) is 12.6. The van der Waals surface area contributed by atoms with Crippen molar-refractivity contribution in [2.45, 2.75) is 33.2 Å². The van der Waals surface area contributed by atoms with E-state index in [-0.39, 0.29) is 11.9 Å². The summed E-state index contributed by atoms with van der Waals surface area (Å²) >= 11 is 6.22. The van der Waals surface area contributed by atoms with Gasteiger partial charge in [-0.1, -0.05) is 48.0 Å². The third kappa shape index (κ3) is 3.81. The van der Waals surface area contributed by atoms with E-state index in [9.17, 15) is 4.79 Å². The third-order valence-corrected chi connectivity index (χ3v) is 4.87. The van der Waals surface area contributed by atoms with Gasteiger partial charge in [-0.25, -0.2) is 4.68 Å². The number of para-hydroxylation sites is 1. The molecular formula is C21H22ClN3O. The van der Waals surface area contributed by atoms with Gasteiger partial charge in [0.2, 0.25) is 5.91 Å². The standard InChI is InChI=1S/C21H22ClN3O/c1-14(18-11-7-8-12-20(18)22)23-21(26)13-19-15(2)24-25(16(19)3)17-9-5-4-6-10-17/h4-12,14H,13H2,1-3H3,(H,23,26). The zero-order valence-corrected chi connectivity index (χ0v) is 15.9. The highest BCUT2D eigenvalue weighted by atomic mass is 35.5. The lowest BCUT2D eigenvalue weighted by Gasteiger charge is -2.16. The van der Waals surface area contributed by atoms with Crippen LogP contribution in [0.25, 0.3) is 5.69 Å². The number of halogens is 1. The molecule has 0 saturated carbocycles. The van der Waals surface area contributed by atoms with Crippen LogP contribution in [0.4, 0.5) is 0 Å². The molecule has 134 valence electrons. The Labute approximate surface area is 158 Å². The molecule has 1 N–H and O–H groups in total. The van der Waals surface area contributed by atoms with Crippen molar-refractivity contribution in [1.29, 1.82) is 0 Å². The smallest absolute Gasteiger partial charge is 0.225 e. The van der Waals surface area contributed by atoms with E-state index in [0.29, 0.717) is 11.4 Å². The van der Waals surface area contributed by atoms with Crippen molar-refractivity contribution in [1.82, 2.24) is 15.1 Å². The van der Waals surface area contributed by atoms with Crippen LogP contribution in [0.5, 0.6) is 0 Å². The molecule has 0 aliphatic carbocycles. The second-order valence-electron chi connectivity index (χ2n) is 6.38. The summed E-state index contributed by atoms with van der Waals surface area (Å²) in [6.07, 6.45) is 0.291. The molecule has 26 heavy (non-hydrogen) atoms. The molecular weight excluding hydrogens is 346 g/mol. The first-order chi connectivity index (χ1) is 12.5. The Bertz CT molecular complexity index is 918. The van der Waals surface area contributed by atoms with E-state index >= 15 is 0 Å². The second kappa shape index (κ2) is 7.75. The summed E-state index contributed by atoms with van der Waals surface area (Å²) in [7, 11) is 0. The lowest BCUT2D eigenvalue weighted by molar-refractivity contribution is -0.121. The van der Waals surface area contributed by atoms with Crippen LogP contribution >= 0.6 is 11.6 Å². The molecule has 1 aromatic heterocycles. The largest absolute Gasteiger partial charge is 0.349 e. The highest BCUT2D eigenvalue weighted by Crippen LogP contribution is 2.23. The number of carbonyl (C=O) groups excluding carboxylic acids is 1. The van der Waals surface area contributed by atoms with Crippen LogP contribution < -0.4 is 5.32 Å². The predicted octanol–water partition coefficient (Wildman–Crippen LogP) is 4.56. The van der Waals surface area contributed by atoms with Gasteiger partial charge in [-0.2, -0.15) is 5.10 Å². The molecule has 5 heteroatoms. The topological polar surface area (TPSA) is 46.9 Å². The average molecular weight is 368 g/mol. The highest BCUT2D eigenvalue weighted by Gasteiger charge is 2.18. The fraction of sp³-hybridized carbons (Fsp3) is 0.238. The summed E-state index contributed by atoms with van der Waals surface area (Å²) in [6, 6.07) is 17.3. The van der Waals surface area contributed by atoms with Crippen LogP contribution in [-0.4, -0.2) is 15.7 Å². The van der Waals surface area contributed by atoms with Crippen molar-refractivity contribution in [3.63, 3.8) is 0 Å². The molecule has 4 nitrogen and oxygen atoms in total. The highest BCUT2D eigenvalue weighted by molar-refractivity contribution is 6.31. The van der Waals surface area contributed by atoms with Gasteiger partial charge < -0.3 is 5.32 Å². The van der Waals surface area contributed by atoms with E-state index < -0.39 is 0 Å². The zero-order valence-electron chi connectivity index (χ0n) is 15.2. The number of hydrogen-bond acceptors (Lipinski definition) is 2. The molecule has 0 aliphatic heterocycles. The van der Waals surface area contributed by atoms with E-state index in [4.69, 9.17) is 11.6 Å². The SMILES string of the molecule is Cc1nn(-c2ccccc2)c(C)c1CC(=O)NC(C)c1ccccc1Cl. The van der Waals surface area contributed by atoms with Crippen molar-refractivity contribution in [3.05, 3.63) is 82.1 Å². The van der Waals surface area contributed by atoms with Gasteiger partial charge in [-0.05, 0) is 44.5 Å². The van der Waals surface area contributed by atoms with Crippen LogP contribution in [-0.2, 0) is 11.2 Å². The zero-order chi connectivity index (χ0) is 18.7. The molecule has 0 saturated heterocycles. The molecule has 0 fully saturated rings. The molecule has 1 atom stereocenters. The van der Waals surface area contributed by atoms with Crippen LogP contribution in [0.2, 0.25) is 5.02 Å². The first-order valence-electron chi connectivity index (χ1n) is 8.61. The van der Waals surface area contributed by atoms with Crippen molar-refractivity contribution < 1.29 is 4.79 Å². The number of nitrogens with zero attached hydrogens (tertiary/aromatic N) is 2. The molecule has 0 aliphatic rings. The Kier molecular flexibility index (Phi) is 5.43. The van der Waals surface area contributed by atoms with E-state index in [2.05, 4.69) is 10.4 Å². The lowest BCUT2D eigenvalue weighted by atomic mass is 10.1. The maximum atomic E-state index is 12.6. The van der Waals surface area contributed by atoms with E-state index in [1.807, 2.05) is 80.1 Å². The Balaban J connectivity index is 1.76. The van der Waals surface area contributed by atoms with E-state index in [1.165, 1.54) is 0 Å². The normalized spacial score (nSPS) is 12.0. The van der Waals surface area contributed by atoms with Gasteiger partial charge in [0.05, 0.1) is 23.8 Å². The molecule has 3 aromatic rings. The minimum absolute atomic E-state index is 0.0452. The van der Waals surface area contributed by atoms with E-state index in [0.717, 1.165) is 28.2 Å². The molecule has 1 heterocycles. The first kappa shape index (κ1) is 18.2. The van der Waals surface area contributed by atoms with Crippen LogP contribution in [0, 0.1) is 13.8 Å². The van der Waals surface area contributed by atoms with Gasteiger partial charge in [0.15, 0.2) is 0 Å². The van der Waals surface area contributed by atoms with Crippen molar-refractivity contribution in [2.75, 3.05) is 0 Å². The molecule has 2 aromatic carbocycles. The van der Waals surface area contributed by atoms with Crippen LogP contribution in [0.15, 0.2) is 54.6 Å². The lowest BCUT2D eigenvalue weighted by Crippen LogP contribution is -2.28. The molecule has 1 amide bonds. The number of carbonyl (C=O) groups is 1. The van der Waals surface area contributed by atoms with Gasteiger partial charge in [0.25, 0.3) is 0 Å². The Morgan fingerprint density at radius 2 is 1.77 bits per heavy atom. The van der Waals surface area contributed by atoms with Gasteiger partial charge in [0.1, 0.15) is 0 Å². The number of aryl methyl sites for hydroxylation is 1. The average Bonchev–Trinajstić information content (AvgIpc) is 2.91. The molecule has 0 radical (unpaired) electrons. The van der Waals surface area contributed by atoms with Crippen molar-refractivity contribution >= 4 is 17.5 Å². The van der Waals surface area contributed by atoms with Crippen molar-refractivity contribution in [2.24, 2.45) is 0 Å². The quantitative estimate of drug-likeness (QED) is 0.718.